The maximum Gasteiger partial charge on any atom is 0.309 e. The SMILES string of the molecule is C[C@@H]1C/C=C\CC(C)(C)C(=O)N[C@H](c2ccccc2)COC1=O. The summed E-state index contributed by atoms with van der Waals surface area (Å²) in [7, 11) is 0. The van der Waals surface area contributed by atoms with Gasteiger partial charge in [0.25, 0.3) is 0 Å². The minimum Gasteiger partial charge on any atom is -0.463 e. The Morgan fingerprint density at radius 3 is 2.52 bits per heavy atom. The highest BCUT2D eigenvalue weighted by Gasteiger charge is 2.29. The van der Waals surface area contributed by atoms with E-state index in [9.17, 15) is 9.59 Å². The second-order valence-corrected chi connectivity index (χ2v) is 6.76. The van der Waals surface area contributed by atoms with Crippen molar-refractivity contribution in [1.29, 1.82) is 0 Å². The van der Waals surface area contributed by atoms with Crippen molar-refractivity contribution in [1.82, 2.24) is 5.32 Å². The fourth-order valence-corrected chi connectivity index (χ4v) is 2.44. The van der Waals surface area contributed by atoms with Gasteiger partial charge in [-0.25, -0.2) is 0 Å². The average Bonchev–Trinajstić information content (AvgIpc) is 2.54. The molecule has 2 rings (SSSR count). The number of ether oxygens (including phenoxy) is 1. The summed E-state index contributed by atoms with van der Waals surface area (Å²) < 4.78 is 5.42. The average molecular weight is 315 g/mol. The minimum atomic E-state index is -0.504. The fraction of sp³-hybridized carbons (Fsp3) is 0.474. The summed E-state index contributed by atoms with van der Waals surface area (Å²) in [6.07, 6.45) is 5.20. The third-order valence-corrected chi connectivity index (χ3v) is 4.20. The van der Waals surface area contributed by atoms with Crippen molar-refractivity contribution >= 4 is 11.9 Å². The molecule has 1 aliphatic rings. The van der Waals surface area contributed by atoms with E-state index < -0.39 is 5.41 Å². The zero-order valence-electron chi connectivity index (χ0n) is 14.0. The summed E-state index contributed by atoms with van der Waals surface area (Å²) in [5.41, 5.74) is 0.431. The molecule has 0 unspecified atom stereocenters. The van der Waals surface area contributed by atoms with E-state index in [4.69, 9.17) is 4.74 Å². The number of esters is 1. The molecule has 0 saturated heterocycles. The molecule has 0 radical (unpaired) electrons. The number of hydrogen-bond acceptors (Lipinski definition) is 3. The van der Waals surface area contributed by atoms with E-state index in [0.29, 0.717) is 12.8 Å². The Hall–Kier alpha value is -2.10. The van der Waals surface area contributed by atoms with Crippen LogP contribution in [0.15, 0.2) is 42.5 Å². The van der Waals surface area contributed by atoms with Crippen molar-refractivity contribution in [3.63, 3.8) is 0 Å². The van der Waals surface area contributed by atoms with Gasteiger partial charge in [0.15, 0.2) is 0 Å². The van der Waals surface area contributed by atoms with Gasteiger partial charge in [0.05, 0.1) is 12.0 Å². The summed E-state index contributed by atoms with van der Waals surface area (Å²) in [4.78, 5) is 24.6. The third-order valence-electron chi connectivity index (χ3n) is 4.20. The van der Waals surface area contributed by atoms with Gasteiger partial charge in [0, 0.05) is 5.41 Å². The molecule has 4 nitrogen and oxygen atoms in total. The number of rotatable bonds is 1. The maximum atomic E-state index is 12.6. The van der Waals surface area contributed by atoms with Gasteiger partial charge in [0.2, 0.25) is 5.91 Å². The predicted octanol–water partition coefficient (Wildman–Crippen LogP) is 3.40. The lowest BCUT2D eigenvalue weighted by atomic mass is 9.87. The first kappa shape index (κ1) is 17.3. The summed E-state index contributed by atoms with van der Waals surface area (Å²) >= 11 is 0. The minimum absolute atomic E-state index is 0.0410. The van der Waals surface area contributed by atoms with Crippen LogP contribution in [0, 0.1) is 11.3 Å². The van der Waals surface area contributed by atoms with Gasteiger partial charge in [-0.3, -0.25) is 9.59 Å². The number of benzene rings is 1. The van der Waals surface area contributed by atoms with Crippen LogP contribution in [-0.2, 0) is 14.3 Å². The molecular formula is C19H25NO3. The van der Waals surface area contributed by atoms with E-state index in [-0.39, 0.29) is 30.4 Å². The quantitative estimate of drug-likeness (QED) is 0.638. The number of cyclic esters (lactones) is 1. The summed E-state index contributed by atoms with van der Waals surface area (Å²) in [6, 6.07) is 9.28. The Labute approximate surface area is 137 Å². The topological polar surface area (TPSA) is 55.4 Å². The highest BCUT2D eigenvalue weighted by atomic mass is 16.5. The lowest BCUT2D eigenvalue weighted by Gasteiger charge is -2.27. The van der Waals surface area contributed by atoms with E-state index >= 15 is 0 Å². The third kappa shape index (κ3) is 4.68. The lowest BCUT2D eigenvalue weighted by molar-refractivity contribution is -0.149. The molecule has 0 spiro atoms. The van der Waals surface area contributed by atoms with Gasteiger partial charge in [0.1, 0.15) is 6.61 Å². The number of allylic oxidation sites excluding steroid dienone is 2. The van der Waals surface area contributed by atoms with Crippen molar-refractivity contribution in [2.75, 3.05) is 6.61 Å². The molecule has 1 aromatic carbocycles. The van der Waals surface area contributed by atoms with Crippen molar-refractivity contribution in [3.05, 3.63) is 48.0 Å². The normalized spacial score (nSPS) is 27.1. The largest absolute Gasteiger partial charge is 0.463 e. The molecule has 1 N–H and O–H groups in total. The zero-order chi connectivity index (χ0) is 16.9. The Morgan fingerprint density at radius 2 is 1.83 bits per heavy atom. The molecule has 2 atom stereocenters. The molecule has 1 heterocycles. The van der Waals surface area contributed by atoms with Gasteiger partial charge in [-0.05, 0) is 18.4 Å². The molecule has 23 heavy (non-hydrogen) atoms. The van der Waals surface area contributed by atoms with Gasteiger partial charge in [-0.15, -0.1) is 0 Å². The molecule has 0 aromatic heterocycles. The molecule has 124 valence electrons. The fourth-order valence-electron chi connectivity index (χ4n) is 2.44. The number of hydrogen-bond donors (Lipinski definition) is 1. The van der Waals surface area contributed by atoms with E-state index in [1.165, 1.54) is 0 Å². The smallest absolute Gasteiger partial charge is 0.309 e. The summed E-state index contributed by atoms with van der Waals surface area (Å²) in [6.45, 7) is 5.87. The first-order chi connectivity index (χ1) is 10.9. The number of carbonyl (C=O) groups is 2. The van der Waals surface area contributed by atoms with Crippen molar-refractivity contribution < 1.29 is 14.3 Å². The van der Waals surface area contributed by atoms with Crippen LogP contribution in [0.25, 0.3) is 0 Å². The van der Waals surface area contributed by atoms with Gasteiger partial charge in [-0.2, -0.15) is 0 Å². The molecular weight excluding hydrogens is 290 g/mol. The predicted molar refractivity (Wildman–Crippen MR) is 89.6 cm³/mol. The molecule has 0 bridgehead atoms. The Kier molecular flexibility index (Phi) is 5.59. The first-order valence-corrected chi connectivity index (χ1v) is 8.07. The van der Waals surface area contributed by atoms with Gasteiger partial charge in [-0.1, -0.05) is 63.3 Å². The number of amides is 1. The zero-order valence-corrected chi connectivity index (χ0v) is 14.0. The molecule has 0 saturated carbocycles. The standard InChI is InChI=1S/C19H25NO3/c1-14-9-7-8-12-19(2,3)18(22)20-16(13-23-17(14)21)15-10-5-4-6-11-15/h4-8,10-11,14,16H,9,12-13H2,1-3H3,(H,20,22)/b8-7-/t14-,16+/m1/s1. The van der Waals surface area contributed by atoms with E-state index in [1.807, 2.05) is 63.3 Å². The van der Waals surface area contributed by atoms with E-state index in [2.05, 4.69) is 5.32 Å². The second kappa shape index (κ2) is 7.44. The van der Waals surface area contributed by atoms with Gasteiger partial charge < -0.3 is 10.1 Å². The van der Waals surface area contributed by atoms with Gasteiger partial charge >= 0.3 is 5.97 Å². The van der Waals surface area contributed by atoms with Crippen molar-refractivity contribution in [2.45, 2.75) is 39.7 Å². The van der Waals surface area contributed by atoms with E-state index in [1.54, 1.807) is 0 Å². The van der Waals surface area contributed by atoms with Crippen molar-refractivity contribution in [3.8, 4) is 0 Å². The summed E-state index contributed by atoms with van der Waals surface area (Å²) in [5, 5.41) is 3.03. The van der Waals surface area contributed by atoms with Crippen LogP contribution in [0.5, 0.6) is 0 Å². The Balaban J connectivity index is 2.26. The highest BCUT2D eigenvalue weighted by molar-refractivity contribution is 5.82. The monoisotopic (exact) mass is 315 g/mol. The molecule has 1 amide bonds. The Morgan fingerprint density at radius 1 is 1.13 bits per heavy atom. The van der Waals surface area contributed by atoms with Crippen molar-refractivity contribution in [2.24, 2.45) is 11.3 Å². The van der Waals surface area contributed by atoms with Crippen LogP contribution in [-0.4, -0.2) is 18.5 Å². The first-order valence-electron chi connectivity index (χ1n) is 8.07. The summed E-state index contributed by atoms with van der Waals surface area (Å²) in [5.74, 6) is -0.453. The second-order valence-electron chi connectivity index (χ2n) is 6.76. The molecule has 0 aliphatic carbocycles. The Bertz CT molecular complexity index is 578. The van der Waals surface area contributed by atoms with Crippen LogP contribution in [0.3, 0.4) is 0 Å². The van der Waals surface area contributed by atoms with Crippen LogP contribution in [0.2, 0.25) is 0 Å². The molecule has 1 aromatic rings. The lowest BCUT2D eigenvalue weighted by Crippen LogP contribution is -2.41. The van der Waals surface area contributed by atoms with E-state index in [0.717, 1.165) is 5.56 Å². The molecule has 0 fully saturated rings. The van der Waals surface area contributed by atoms with Crippen LogP contribution in [0.4, 0.5) is 0 Å². The van der Waals surface area contributed by atoms with Crippen LogP contribution >= 0.6 is 0 Å². The highest BCUT2D eigenvalue weighted by Crippen LogP contribution is 2.25. The number of carbonyl (C=O) groups excluding carboxylic acids is 2. The van der Waals surface area contributed by atoms with Crippen LogP contribution in [0.1, 0.15) is 45.2 Å². The van der Waals surface area contributed by atoms with Crippen LogP contribution < -0.4 is 5.32 Å². The maximum absolute atomic E-state index is 12.6. The molecule has 4 heteroatoms. The number of nitrogens with one attached hydrogen (secondary N) is 1. The molecule has 1 aliphatic heterocycles.